The first-order valence-electron chi connectivity index (χ1n) is 13.8. The third-order valence-corrected chi connectivity index (χ3v) is 8.72. The minimum Gasteiger partial charge on any atom is -0.441 e. The SMILES string of the molecule is CC1(Cn2cnc3ccc(C#N)cc32)CCC[C@@]2(CN(c3cnc(C(C)(C)OCCOP(C)(C)=O)cn3)C(=O)O2)C1. The molecule has 11 nitrogen and oxygen atoms in total. The normalized spacial score (nSPS) is 23.2. The Kier molecular flexibility index (Phi) is 7.70. The van der Waals surface area contributed by atoms with Gasteiger partial charge in [0.1, 0.15) is 11.2 Å². The quantitative estimate of drug-likeness (QED) is 0.238. The third kappa shape index (κ3) is 6.45. The molecule has 1 aliphatic heterocycles. The molecule has 1 saturated heterocycles. The van der Waals surface area contributed by atoms with E-state index in [-0.39, 0.29) is 18.6 Å². The van der Waals surface area contributed by atoms with Crippen molar-refractivity contribution >= 4 is 30.3 Å². The Morgan fingerprint density at radius 3 is 2.68 bits per heavy atom. The first-order chi connectivity index (χ1) is 19.3. The molecule has 2 aromatic heterocycles. The van der Waals surface area contributed by atoms with Crippen LogP contribution in [0, 0.1) is 16.7 Å². The highest BCUT2D eigenvalue weighted by Crippen LogP contribution is 2.48. The molecule has 0 N–H and O–H groups in total. The Morgan fingerprint density at radius 2 is 1.98 bits per heavy atom. The maximum Gasteiger partial charge on any atom is 0.416 e. The minimum atomic E-state index is -2.57. The maximum absolute atomic E-state index is 13.1. The zero-order chi connectivity index (χ0) is 29.5. The van der Waals surface area contributed by atoms with Gasteiger partial charge in [-0.3, -0.25) is 14.4 Å². The lowest BCUT2D eigenvalue weighted by atomic mass is 9.68. The van der Waals surface area contributed by atoms with Crippen LogP contribution in [-0.4, -0.2) is 64.3 Å². The third-order valence-electron chi connectivity index (χ3n) is 7.91. The van der Waals surface area contributed by atoms with Gasteiger partial charge in [0, 0.05) is 19.9 Å². The Labute approximate surface area is 240 Å². The molecule has 41 heavy (non-hydrogen) atoms. The molecule has 1 amide bonds. The lowest BCUT2D eigenvalue weighted by Gasteiger charge is -2.43. The summed E-state index contributed by atoms with van der Waals surface area (Å²) in [6.07, 6.45) is 8.01. The van der Waals surface area contributed by atoms with Crippen molar-refractivity contribution in [3.8, 4) is 6.07 Å². The number of carbonyl (C=O) groups excluding carboxylic acids is 1. The van der Waals surface area contributed by atoms with Gasteiger partial charge in [-0.15, -0.1) is 0 Å². The van der Waals surface area contributed by atoms with Crippen molar-refractivity contribution < 1.29 is 23.4 Å². The smallest absolute Gasteiger partial charge is 0.416 e. The number of aromatic nitrogens is 4. The van der Waals surface area contributed by atoms with Gasteiger partial charge >= 0.3 is 6.09 Å². The number of benzene rings is 1. The molecule has 1 saturated carbocycles. The number of hydrogen-bond donors (Lipinski definition) is 0. The summed E-state index contributed by atoms with van der Waals surface area (Å²) in [7, 11) is -2.57. The number of nitriles is 1. The summed E-state index contributed by atoms with van der Waals surface area (Å²) >= 11 is 0. The van der Waals surface area contributed by atoms with Crippen LogP contribution < -0.4 is 4.90 Å². The molecule has 2 atom stereocenters. The number of rotatable bonds is 9. The van der Waals surface area contributed by atoms with Crippen LogP contribution in [0.15, 0.2) is 36.9 Å². The highest BCUT2D eigenvalue weighted by molar-refractivity contribution is 7.57. The summed E-state index contributed by atoms with van der Waals surface area (Å²) < 4.78 is 31.1. The van der Waals surface area contributed by atoms with Crippen LogP contribution in [-0.2, 0) is 30.7 Å². The molecule has 2 fully saturated rings. The number of anilines is 1. The zero-order valence-corrected chi connectivity index (χ0v) is 25.2. The summed E-state index contributed by atoms with van der Waals surface area (Å²) in [5.41, 5.74) is 1.51. The predicted octanol–water partition coefficient (Wildman–Crippen LogP) is 5.48. The van der Waals surface area contributed by atoms with Crippen molar-refractivity contribution in [1.82, 2.24) is 19.5 Å². The summed E-state index contributed by atoms with van der Waals surface area (Å²) in [5.74, 6) is 0.435. The molecule has 2 aliphatic rings. The largest absolute Gasteiger partial charge is 0.441 e. The first kappa shape index (κ1) is 29.2. The Bertz CT molecular complexity index is 1530. The van der Waals surface area contributed by atoms with Crippen LogP contribution in [0.3, 0.4) is 0 Å². The summed E-state index contributed by atoms with van der Waals surface area (Å²) in [6, 6.07) is 7.73. The molecule has 218 valence electrons. The van der Waals surface area contributed by atoms with Crippen molar-refractivity contribution in [2.75, 3.05) is 38.0 Å². The second kappa shape index (κ2) is 10.8. The fourth-order valence-corrected chi connectivity index (χ4v) is 6.53. The number of amides is 1. The van der Waals surface area contributed by atoms with Gasteiger partial charge in [0.2, 0.25) is 0 Å². The van der Waals surface area contributed by atoms with Crippen LogP contribution in [0.2, 0.25) is 0 Å². The van der Waals surface area contributed by atoms with Crippen molar-refractivity contribution in [3.63, 3.8) is 0 Å². The van der Waals surface area contributed by atoms with Crippen molar-refractivity contribution in [1.29, 1.82) is 5.26 Å². The number of hydrogen-bond acceptors (Lipinski definition) is 9. The highest BCUT2D eigenvalue weighted by Gasteiger charge is 2.52. The minimum absolute atomic E-state index is 0.130. The van der Waals surface area contributed by atoms with E-state index in [0.717, 1.165) is 30.3 Å². The molecule has 0 radical (unpaired) electrons. The Balaban J connectivity index is 1.26. The van der Waals surface area contributed by atoms with E-state index in [0.29, 0.717) is 36.6 Å². The monoisotopic (exact) mass is 580 g/mol. The van der Waals surface area contributed by atoms with Gasteiger partial charge in [-0.1, -0.05) is 6.92 Å². The van der Waals surface area contributed by atoms with Gasteiger partial charge in [0.05, 0.1) is 66.8 Å². The number of imidazole rings is 1. The molecule has 3 aromatic rings. The number of nitrogens with zero attached hydrogens (tertiary/aromatic N) is 6. The van der Waals surface area contributed by atoms with E-state index in [1.54, 1.807) is 36.7 Å². The lowest BCUT2D eigenvalue weighted by Crippen LogP contribution is -2.45. The zero-order valence-electron chi connectivity index (χ0n) is 24.3. The van der Waals surface area contributed by atoms with Crippen LogP contribution in [0.25, 0.3) is 11.0 Å². The molecule has 5 rings (SSSR count). The number of fused-ring (bicyclic) bond motifs is 1. The van der Waals surface area contributed by atoms with Crippen LogP contribution >= 0.6 is 7.37 Å². The van der Waals surface area contributed by atoms with E-state index in [2.05, 4.69) is 32.5 Å². The highest BCUT2D eigenvalue weighted by atomic mass is 31.2. The molecule has 3 heterocycles. The van der Waals surface area contributed by atoms with Crippen molar-refractivity contribution in [2.45, 2.75) is 64.2 Å². The van der Waals surface area contributed by atoms with E-state index in [1.807, 2.05) is 32.3 Å². The van der Waals surface area contributed by atoms with Gasteiger partial charge in [0.25, 0.3) is 0 Å². The summed E-state index contributed by atoms with van der Waals surface area (Å²) in [6.45, 7) is 10.7. The predicted molar refractivity (Wildman–Crippen MR) is 154 cm³/mol. The molecular weight excluding hydrogens is 543 g/mol. The van der Waals surface area contributed by atoms with E-state index in [1.165, 1.54) is 0 Å². The van der Waals surface area contributed by atoms with Crippen LogP contribution in [0.5, 0.6) is 0 Å². The van der Waals surface area contributed by atoms with E-state index in [9.17, 15) is 14.6 Å². The van der Waals surface area contributed by atoms with Crippen molar-refractivity contribution in [3.05, 3.63) is 48.2 Å². The summed E-state index contributed by atoms with van der Waals surface area (Å²) in [4.78, 5) is 28.3. The average Bonchev–Trinajstić information content (AvgIpc) is 3.45. The van der Waals surface area contributed by atoms with Gasteiger partial charge in [-0.05, 0) is 63.1 Å². The molecular formula is C29H37N6O5P. The second-order valence-corrected chi connectivity index (χ2v) is 15.1. The van der Waals surface area contributed by atoms with Gasteiger partial charge in [-0.25, -0.2) is 14.8 Å². The molecule has 1 aromatic carbocycles. The van der Waals surface area contributed by atoms with Gasteiger partial charge in [-0.2, -0.15) is 5.26 Å². The molecule has 0 bridgehead atoms. The Hall–Kier alpha value is -3.32. The summed E-state index contributed by atoms with van der Waals surface area (Å²) in [5, 5.41) is 9.34. The van der Waals surface area contributed by atoms with Gasteiger partial charge in [0.15, 0.2) is 13.2 Å². The number of ether oxygens (including phenoxy) is 2. The maximum atomic E-state index is 13.1. The first-order valence-corrected chi connectivity index (χ1v) is 16.3. The van der Waals surface area contributed by atoms with Gasteiger partial charge < -0.3 is 18.6 Å². The molecule has 1 spiro atoms. The Morgan fingerprint density at radius 1 is 1.17 bits per heavy atom. The van der Waals surface area contributed by atoms with Crippen LogP contribution in [0.1, 0.15) is 57.7 Å². The van der Waals surface area contributed by atoms with E-state index in [4.69, 9.17) is 14.0 Å². The average molecular weight is 581 g/mol. The fourth-order valence-electron chi connectivity index (χ4n) is 6.01. The number of carbonyl (C=O) groups is 1. The van der Waals surface area contributed by atoms with E-state index < -0.39 is 24.7 Å². The molecule has 1 aliphatic carbocycles. The topological polar surface area (TPSA) is 132 Å². The van der Waals surface area contributed by atoms with E-state index >= 15 is 0 Å². The van der Waals surface area contributed by atoms with Crippen molar-refractivity contribution in [2.24, 2.45) is 5.41 Å². The molecule has 12 heteroatoms. The van der Waals surface area contributed by atoms with Crippen LogP contribution in [0.4, 0.5) is 10.6 Å². The molecule has 1 unspecified atom stereocenters. The second-order valence-electron chi connectivity index (χ2n) is 12.4. The fraction of sp³-hybridized carbons (Fsp3) is 0.552. The lowest BCUT2D eigenvalue weighted by molar-refractivity contribution is -0.0363. The standard InChI is InChI=1S/C29H37N6O5P/c1-27(2,38-11-12-39-41(4,5)37)24-15-32-25(16-31-24)35-19-29(40-26(35)36)10-6-9-28(3,17-29)18-34-20-33-22-8-7-21(14-30)13-23(22)34/h7-8,13,15-16,20H,6,9-12,17-19H2,1-5H3/t28?,29-/m0/s1.